The van der Waals surface area contributed by atoms with Gasteiger partial charge in [-0.1, -0.05) is 29.4 Å². The number of aliphatic hydroxyl groups excluding tert-OH is 1. The number of para-hydroxylation sites is 1. The van der Waals surface area contributed by atoms with E-state index in [9.17, 15) is 5.11 Å². The summed E-state index contributed by atoms with van der Waals surface area (Å²) < 4.78 is 10.3. The molecule has 1 N–H and O–H groups in total. The number of fused-ring (bicyclic) bond motifs is 1. The van der Waals surface area contributed by atoms with Crippen LogP contribution in [0.3, 0.4) is 0 Å². The second-order valence-electron chi connectivity index (χ2n) is 7.07. The Labute approximate surface area is 158 Å². The number of likely N-dealkylation sites (tertiary alicyclic amines) is 1. The van der Waals surface area contributed by atoms with E-state index in [4.69, 9.17) is 14.2 Å². The topological polar surface area (TPSA) is 84.5 Å². The summed E-state index contributed by atoms with van der Waals surface area (Å²) in [6, 6.07) is 12.2. The van der Waals surface area contributed by atoms with Crippen LogP contribution >= 0.6 is 0 Å². The Morgan fingerprint density at radius 1 is 1.19 bits per heavy atom. The first kappa shape index (κ1) is 18.0. The number of hydrogen-bond acceptors (Lipinski definition) is 7. The van der Waals surface area contributed by atoms with Crippen molar-refractivity contribution in [3.63, 3.8) is 0 Å². The highest BCUT2D eigenvalue weighted by atomic mass is 16.5. The molecule has 27 heavy (non-hydrogen) atoms. The monoisotopic (exact) mass is 368 g/mol. The van der Waals surface area contributed by atoms with Crippen molar-refractivity contribution in [3.8, 4) is 0 Å². The highest BCUT2D eigenvalue weighted by molar-refractivity contribution is 5.78. The van der Waals surface area contributed by atoms with Gasteiger partial charge in [0.1, 0.15) is 0 Å². The molecule has 142 valence electrons. The number of aliphatic hydroxyl groups is 1. The standard InChI is InChI=1S/C20H24N4O3/c1-26-9-8-19-22-20(27-23-19)13-24-11-15(18(25)12-24)10-16-7-6-14-4-2-3-5-17(14)21-16/h2-7,15,18,25H,8-13H2,1H3/t15-,18-/m1/s1. The van der Waals surface area contributed by atoms with E-state index in [1.54, 1.807) is 7.11 Å². The fourth-order valence-electron chi connectivity index (χ4n) is 3.60. The molecule has 3 aromatic rings. The smallest absolute Gasteiger partial charge is 0.240 e. The number of hydrogen-bond donors (Lipinski definition) is 1. The summed E-state index contributed by atoms with van der Waals surface area (Å²) in [5, 5.41) is 15.6. The van der Waals surface area contributed by atoms with Crippen LogP contribution < -0.4 is 0 Å². The van der Waals surface area contributed by atoms with Crippen molar-refractivity contribution in [1.82, 2.24) is 20.0 Å². The van der Waals surface area contributed by atoms with E-state index in [1.165, 1.54) is 0 Å². The molecule has 1 saturated heterocycles. The molecule has 1 aliphatic rings. The molecule has 0 unspecified atom stereocenters. The van der Waals surface area contributed by atoms with Crippen molar-refractivity contribution in [3.05, 3.63) is 53.8 Å². The van der Waals surface area contributed by atoms with Crippen molar-refractivity contribution in [1.29, 1.82) is 0 Å². The number of aromatic nitrogens is 3. The van der Waals surface area contributed by atoms with Gasteiger partial charge in [0.25, 0.3) is 0 Å². The lowest BCUT2D eigenvalue weighted by Gasteiger charge is -2.13. The van der Waals surface area contributed by atoms with Crippen molar-refractivity contribution >= 4 is 10.9 Å². The van der Waals surface area contributed by atoms with Crippen molar-refractivity contribution in [2.24, 2.45) is 5.92 Å². The zero-order valence-corrected chi connectivity index (χ0v) is 15.4. The predicted octanol–water partition coefficient (Wildman–Crippen LogP) is 1.84. The van der Waals surface area contributed by atoms with E-state index >= 15 is 0 Å². The molecule has 1 aliphatic heterocycles. The third-order valence-corrected chi connectivity index (χ3v) is 5.01. The summed E-state index contributed by atoms with van der Waals surface area (Å²) in [5.41, 5.74) is 2.01. The third kappa shape index (κ3) is 4.32. The van der Waals surface area contributed by atoms with Gasteiger partial charge in [0.05, 0.1) is 24.8 Å². The Morgan fingerprint density at radius 2 is 2.07 bits per heavy atom. The van der Waals surface area contributed by atoms with Crippen LogP contribution in [0.5, 0.6) is 0 Å². The fraction of sp³-hybridized carbons (Fsp3) is 0.450. The average Bonchev–Trinajstić information content (AvgIpc) is 3.26. The van der Waals surface area contributed by atoms with Gasteiger partial charge < -0.3 is 14.4 Å². The lowest BCUT2D eigenvalue weighted by molar-refractivity contribution is 0.139. The molecular formula is C20H24N4O3. The van der Waals surface area contributed by atoms with E-state index in [1.807, 2.05) is 18.2 Å². The van der Waals surface area contributed by atoms with Gasteiger partial charge in [0, 0.05) is 43.6 Å². The number of methoxy groups -OCH3 is 1. The summed E-state index contributed by atoms with van der Waals surface area (Å²) >= 11 is 0. The van der Waals surface area contributed by atoms with Gasteiger partial charge in [-0.3, -0.25) is 9.88 Å². The molecule has 0 spiro atoms. The molecule has 0 saturated carbocycles. The number of nitrogens with zero attached hydrogens (tertiary/aromatic N) is 4. The van der Waals surface area contributed by atoms with Gasteiger partial charge in [-0.05, 0) is 18.6 Å². The minimum absolute atomic E-state index is 0.148. The molecule has 2 aromatic heterocycles. The first-order valence-corrected chi connectivity index (χ1v) is 9.27. The van der Waals surface area contributed by atoms with Crippen LogP contribution in [0.25, 0.3) is 10.9 Å². The highest BCUT2D eigenvalue weighted by Gasteiger charge is 2.32. The normalized spacial score (nSPS) is 20.5. The molecule has 7 heteroatoms. The highest BCUT2D eigenvalue weighted by Crippen LogP contribution is 2.23. The summed E-state index contributed by atoms with van der Waals surface area (Å²) in [4.78, 5) is 11.3. The molecule has 3 heterocycles. The summed E-state index contributed by atoms with van der Waals surface area (Å²) in [5.74, 6) is 1.39. The van der Waals surface area contributed by atoms with E-state index in [-0.39, 0.29) is 12.0 Å². The number of rotatable bonds is 7. The van der Waals surface area contributed by atoms with E-state index in [0.717, 1.165) is 29.6 Å². The zero-order valence-electron chi connectivity index (χ0n) is 15.4. The zero-order chi connectivity index (χ0) is 18.6. The van der Waals surface area contributed by atoms with Gasteiger partial charge in [-0.15, -0.1) is 0 Å². The van der Waals surface area contributed by atoms with Crippen LogP contribution in [-0.2, 0) is 24.1 Å². The Balaban J connectivity index is 1.36. The molecule has 0 amide bonds. The largest absolute Gasteiger partial charge is 0.391 e. The molecule has 0 radical (unpaired) electrons. The lowest BCUT2D eigenvalue weighted by Crippen LogP contribution is -2.21. The Hall–Kier alpha value is -2.35. The second kappa shape index (κ2) is 8.12. The number of ether oxygens (including phenoxy) is 1. The van der Waals surface area contributed by atoms with E-state index in [0.29, 0.717) is 37.8 Å². The van der Waals surface area contributed by atoms with E-state index in [2.05, 4.69) is 33.2 Å². The molecule has 4 rings (SSSR count). The van der Waals surface area contributed by atoms with Gasteiger partial charge in [0.2, 0.25) is 5.89 Å². The van der Waals surface area contributed by atoms with Gasteiger partial charge in [-0.25, -0.2) is 0 Å². The molecule has 2 atom stereocenters. The molecule has 1 fully saturated rings. The number of pyridine rings is 1. The van der Waals surface area contributed by atoms with Crippen LogP contribution in [0.15, 0.2) is 40.9 Å². The SMILES string of the molecule is COCCc1noc(CN2C[C@@H](Cc3ccc4ccccc4n3)[C@H](O)C2)n1. The quantitative estimate of drug-likeness (QED) is 0.681. The maximum atomic E-state index is 10.5. The third-order valence-electron chi connectivity index (χ3n) is 5.01. The summed E-state index contributed by atoms with van der Waals surface area (Å²) in [6.45, 7) is 2.51. The Bertz CT molecular complexity index is 898. The summed E-state index contributed by atoms with van der Waals surface area (Å²) in [7, 11) is 1.65. The van der Waals surface area contributed by atoms with Crippen molar-refractivity contribution in [2.75, 3.05) is 26.8 Å². The fourth-order valence-corrected chi connectivity index (χ4v) is 3.60. The van der Waals surface area contributed by atoms with Crippen LogP contribution in [0, 0.1) is 5.92 Å². The second-order valence-corrected chi connectivity index (χ2v) is 7.07. The van der Waals surface area contributed by atoms with Crippen LogP contribution in [0.4, 0.5) is 0 Å². The Kier molecular flexibility index (Phi) is 5.42. The molecule has 0 aliphatic carbocycles. The van der Waals surface area contributed by atoms with Crippen molar-refractivity contribution in [2.45, 2.75) is 25.5 Å². The molecular weight excluding hydrogens is 344 g/mol. The summed E-state index contributed by atoms with van der Waals surface area (Å²) in [6.07, 6.45) is 1.01. The van der Waals surface area contributed by atoms with Gasteiger partial charge in [-0.2, -0.15) is 4.98 Å². The minimum Gasteiger partial charge on any atom is -0.391 e. The average molecular weight is 368 g/mol. The number of β-amino-alcohol motifs (C(OH)–C–C–N with tert-alkyl or cyclic N) is 1. The van der Waals surface area contributed by atoms with Crippen molar-refractivity contribution < 1.29 is 14.4 Å². The Morgan fingerprint density at radius 3 is 2.96 bits per heavy atom. The van der Waals surface area contributed by atoms with Gasteiger partial charge >= 0.3 is 0 Å². The minimum atomic E-state index is -0.380. The maximum absolute atomic E-state index is 10.5. The predicted molar refractivity (Wildman–Crippen MR) is 100 cm³/mol. The molecule has 1 aromatic carbocycles. The first-order valence-electron chi connectivity index (χ1n) is 9.27. The van der Waals surface area contributed by atoms with Crippen LogP contribution in [0.2, 0.25) is 0 Å². The molecule has 0 bridgehead atoms. The number of benzene rings is 1. The van der Waals surface area contributed by atoms with Gasteiger partial charge in [0.15, 0.2) is 5.82 Å². The first-order chi connectivity index (χ1) is 13.2. The maximum Gasteiger partial charge on any atom is 0.240 e. The molecule has 7 nitrogen and oxygen atoms in total. The van der Waals surface area contributed by atoms with Crippen LogP contribution in [-0.4, -0.2) is 58.0 Å². The lowest BCUT2D eigenvalue weighted by atomic mass is 9.99. The van der Waals surface area contributed by atoms with Crippen LogP contribution in [0.1, 0.15) is 17.4 Å². The van der Waals surface area contributed by atoms with E-state index < -0.39 is 0 Å².